The minimum absolute atomic E-state index is 0.558. The molecule has 3 rings (SSSR count). The van der Waals surface area contributed by atoms with Gasteiger partial charge in [0.25, 0.3) is 0 Å². The van der Waals surface area contributed by atoms with Gasteiger partial charge in [-0.25, -0.2) is 0 Å². The lowest BCUT2D eigenvalue weighted by Crippen LogP contribution is -2.06. The van der Waals surface area contributed by atoms with Gasteiger partial charge >= 0.3 is 0 Å². The lowest BCUT2D eigenvalue weighted by atomic mass is 10.3. The van der Waals surface area contributed by atoms with E-state index >= 15 is 0 Å². The summed E-state index contributed by atoms with van der Waals surface area (Å²) in [6.45, 7) is 3.84. The molecule has 0 fully saturated rings. The fourth-order valence-electron chi connectivity index (χ4n) is 2.23. The van der Waals surface area contributed by atoms with Crippen molar-refractivity contribution in [2.75, 3.05) is 19.8 Å². The van der Waals surface area contributed by atoms with E-state index in [1.165, 1.54) is 0 Å². The summed E-state index contributed by atoms with van der Waals surface area (Å²) in [6.07, 6.45) is 1.67. The molecule has 1 aromatic heterocycles. The first kappa shape index (κ1) is 17.7. The summed E-state index contributed by atoms with van der Waals surface area (Å²) in [5.74, 6) is 0.853. The number of H-pyrrole nitrogens is 1. The van der Waals surface area contributed by atoms with Gasteiger partial charge in [0.2, 0.25) is 0 Å². The Labute approximate surface area is 156 Å². The Bertz CT molecular complexity index is 859. The van der Waals surface area contributed by atoms with Crippen LogP contribution in [0.5, 0.6) is 5.75 Å². The van der Waals surface area contributed by atoms with Crippen molar-refractivity contribution in [1.82, 2.24) is 14.8 Å². The molecular formula is C18H19N3O2S2. The smallest absolute Gasteiger partial charge is 0.199 e. The summed E-state index contributed by atoms with van der Waals surface area (Å²) in [5, 5.41) is 6.69. The number of hydrogen-bond acceptors (Lipinski definition) is 5. The van der Waals surface area contributed by atoms with Gasteiger partial charge in [0.15, 0.2) is 4.77 Å². The van der Waals surface area contributed by atoms with Crippen LogP contribution in [0.1, 0.15) is 6.92 Å². The Hall–Kier alpha value is -2.09. The topological polar surface area (TPSA) is 52.1 Å². The predicted octanol–water partition coefficient (Wildman–Crippen LogP) is 4.50. The number of aromatic amines is 1. The van der Waals surface area contributed by atoms with E-state index in [0.29, 0.717) is 24.6 Å². The summed E-state index contributed by atoms with van der Waals surface area (Å²) in [6, 6.07) is 16.2. The highest BCUT2D eigenvalue weighted by Crippen LogP contribution is 2.30. The van der Waals surface area contributed by atoms with Gasteiger partial charge in [0.05, 0.1) is 6.61 Å². The van der Waals surface area contributed by atoms with E-state index in [9.17, 15) is 0 Å². The summed E-state index contributed by atoms with van der Waals surface area (Å²) in [4.78, 5) is 2.27. The van der Waals surface area contributed by atoms with Crippen LogP contribution >= 0.6 is 24.0 Å². The Kier molecular flexibility index (Phi) is 6.27. The molecule has 25 heavy (non-hydrogen) atoms. The number of nitrogens with one attached hydrogen (secondary N) is 1. The van der Waals surface area contributed by atoms with E-state index in [1.54, 1.807) is 18.1 Å². The third kappa shape index (κ3) is 4.94. The van der Waals surface area contributed by atoms with Crippen molar-refractivity contribution in [2.45, 2.75) is 16.7 Å². The van der Waals surface area contributed by atoms with Crippen molar-refractivity contribution in [1.29, 1.82) is 0 Å². The van der Waals surface area contributed by atoms with Crippen LogP contribution in [0, 0.1) is 4.77 Å². The molecule has 1 N–H and O–H groups in total. The maximum Gasteiger partial charge on any atom is 0.199 e. The minimum atomic E-state index is 0.558. The summed E-state index contributed by atoms with van der Waals surface area (Å²) in [7, 11) is 0. The quantitative estimate of drug-likeness (QED) is 0.465. The Balaban J connectivity index is 1.64. The van der Waals surface area contributed by atoms with E-state index in [-0.39, 0.29) is 0 Å². The molecule has 5 nitrogen and oxygen atoms in total. The molecule has 0 bridgehead atoms. The van der Waals surface area contributed by atoms with Crippen LogP contribution in [0.15, 0.2) is 64.6 Å². The van der Waals surface area contributed by atoms with E-state index in [2.05, 4.69) is 28.4 Å². The lowest BCUT2D eigenvalue weighted by Gasteiger charge is -2.08. The van der Waals surface area contributed by atoms with Gasteiger partial charge in [-0.15, -0.1) is 0 Å². The number of ether oxygens (including phenoxy) is 2. The highest BCUT2D eigenvalue weighted by Gasteiger charge is 2.02. The molecule has 0 atom stereocenters. The van der Waals surface area contributed by atoms with Crippen LogP contribution in [0.3, 0.4) is 0 Å². The van der Waals surface area contributed by atoms with Gasteiger partial charge < -0.3 is 9.47 Å². The molecule has 0 radical (unpaired) electrons. The Morgan fingerprint density at radius 2 is 1.96 bits per heavy atom. The molecule has 0 unspecified atom stereocenters. The van der Waals surface area contributed by atoms with Crippen LogP contribution in [0.4, 0.5) is 0 Å². The molecule has 0 saturated heterocycles. The molecule has 0 aliphatic heterocycles. The zero-order valence-electron chi connectivity index (χ0n) is 13.8. The largest absolute Gasteiger partial charge is 0.491 e. The van der Waals surface area contributed by atoms with Gasteiger partial charge in [-0.2, -0.15) is 5.10 Å². The fourth-order valence-corrected chi connectivity index (χ4v) is 3.30. The zero-order valence-corrected chi connectivity index (χ0v) is 15.5. The summed E-state index contributed by atoms with van der Waals surface area (Å²) >= 11 is 6.87. The third-order valence-corrected chi connectivity index (χ3v) is 4.69. The van der Waals surface area contributed by atoms with E-state index in [1.807, 2.05) is 41.8 Å². The highest BCUT2D eigenvalue weighted by molar-refractivity contribution is 7.99. The highest BCUT2D eigenvalue weighted by atomic mass is 32.2. The molecule has 0 aliphatic rings. The second-order valence-electron chi connectivity index (χ2n) is 5.15. The second kappa shape index (κ2) is 8.84. The monoisotopic (exact) mass is 373 g/mol. The third-order valence-electron chi connectivity index (χ3n) is 3.41. The van der Waals surface area contributed by atoms with Crippen molar-refractivity contribution >= 4 is 24.0 Å². The summed E-state index contributed by atoms with van der Waals surface area (Å²) in [5.41, 5.74) is 0.983. The van der Waals surface area contributed by atoms with Crippen LogP contribution in [0.2, 0.25) is 0 Å². The molecule has 3 aromatic rings. The maximum absolute atomic E-state index is 5.70. The van der Waals surface area contributed by atoms with Gasteiger partial charge in [0.1, 0.15) is 18.7 Å². The minimum Gasteiger partial charge on any atom is -0.491 e. The first-order chi connectivity index (χ1) is 12.3. The number of hydrogen-bond donors (Lipinski definition) is 1. The number of rotatable bonds is 8. The van der Waals surface area contributed by atoms with Gasteiger partial charge in [-0.05, 0) is 61.6 Å². The Morgan fingerprint density at radius 1 is 1.12 bits per heavy atom. The normalized spacial score (nSPS) is 10.8. The average molecular weight is 374 g/mol. The van der Waals surface area contributed by atoms with Crippen LogP contribution in [0.25, 0.3) is 5.69 Å². The summed E-state index contributed by atoms with van der Waals surface area (Å²) < 4.78 is 13.4. The second-order valence-corrected chi connectivity index (χ2v) is 6.68. The van der Waals surface area contributed by atoms with Crippen molar-refractivity contribution in [3.63, 3.8) is 0 Å². The van der Waals surface area contributed by atoms with Crippen molar-refractivity contribution < 1.29 is 9.47 Å². The van der Waals surface area contributed by atoms with Gasteiger partial charge in [-0.3, -0.25) is 9.67 Å². The maximum atomic E-state index is 5.70. The molecule has 0 spiro atoms. The first-order valence-corrected chi connectivity index (χ1v) is 9.19. The van der Waals surface area contributed by atoms with Crippen molar-refractivity contribution in [3.05, 3.63) is 59.6 Å². The van der Waals surface area contributed by atoms with Gasteiger partial charge in [0, 0.05) is 22.1 Å². The van der Waals surface area contributed by atoms with Crippen molar-refractivity contribution in [2.24, 2.45) is 0 Å². The predicted molar refractivity (Wildman–Crippen MR) is 101 cm³/mol. The van der Waals surface area contributed by atoms with Crippen LogP contribution < -0.4 is 4.74 Å². The molecule has 7 heteroatoms. The molecule has 0 aliphatic carbocycles. The molecule has 0 saturated carbocycles. The van der Waals surface area contributed by atoms with E-state index in [4.69, 9.17) is 21.7 Å². The van der Waals surface area contributed by atoms with E-state index in [0.717, 1.165) is 21.2 Å². The number of benzene rings is 2. The van der Waals surface area contributed by atoms with Gasteiger partial charge in [-0.1, -0.05) is 17.8 Å². The lowest BCUT2D eigenvalue weighted by molar-refractivity contribution is 0.110. The molecule has 1 heterocycles. The molecular weight excluding hydrogens is 354 g/mol. The van der Waals surface area contributed by atoms with Crippen molar-refractivity contribution in [3.8, 4) is 11.4 Å². The van der Waals surface area contributed by atoms with E-state index < -0.39 is 0 Å². The molecule has 2 aromatic carbocycles. The average Bonchev–Trinajstić information content (AvgIpc) is 3.06. The Morgan fingerprint density at radius 3 is 2.68 bits per heavy atom. The SMILES string of the molecule is CCOCCOc1cccc(Sc2ccc(-n3cn[nH]c3=S)cc2)c1. The fraction of sp³-hybridized carbons (Fsp3) is 0.222. The molecule has 130 valence electrons. The van der Waals surface area contributed by atoms with Crippen LogP contribution in [-0.4, -0.2) is 34.6 Å². The number of aromatic nitrogens is 3. The molecule has 0 amide bonds. The number of nitrogens with zero attached hydrogens (tertiary/aromatic N) is 2. The zero-order chi connectivity index (χ0) is 17.5. The first-order valence-electron chi connectivity index (χ1n) is 7.97. The standard InChI is InChI=1S/C18H19N3O2S2/c1-2-22-10-11-23-15-4-3-5-17(12-15)25-16-8-6-14(7-9-16)21-13-19-20-18(21)24/h3-9,12-13H,2,10-11H2,1H3,(H,20,24). The van der Waals surface area contributed by atoms with Crippen LogP contribution in [-0.2, 0) is 4.74 Å².